The molecular formula is C9H10O3. The van der Waals surface area contributed by atoms with Gasteiger partial charge in [-0.2, -0.15) is 0 Å². The van der Waals surface area contributed by atoms with E-state index in [1.165, 1.54) is 6.08 Å². The van der Waals surface area contributed by atoms with Crippen LogP contribution in [0.1, 0.15) is 12.8 Å². The minimum absolute atomic E-state index is 0.0466. The number of carbonyl (C=O) groups excluding carboxylic acids is 1. The second-order valence-corrected chi connectivity index (χ2v) is 3.94. The van der Waals surface area contributed by atoms with Crippen LogP contribution in [0.5, 0.6) is 0 Å². The van der Waals surface area contributed by atoms with Gasteiger partial charge in [-0.05, 0) is 18.9 Å². The fourth-order valence-corrected chi connectivity index (χ4v) is 2.32. The first-order valence-corrected chi connectivity index (χ1v) is 4.26. The van der Waals surface area contributed by atoms with Gasteiger partial charge in [0.1, 0.15) is 0 Å². The number of aliphatic hydroxyl groups is 1. The molecule has 0 unspecified atom stereocenters. The van der Waals surface area contributed by atoms with E-state index in [0.29, 0.717) is 6.61 Å². The smallest absolute Gasteiger partial charge is 0.190 e. The third-order valence-electron chi connectivity index (χ3n) is 3.42. The lowest BCUT2D eigenvalue weighted by atomic mass is 9.77. The van der Waals surface area contributed by atoms with Crippen molar-refractivity contribution in [1.29, 1.82) is 0 Å². The summed E-state index contributed by atoms with van der Waals surface area (Å²) in [6.45, 7) is 0.507. The van der Waals surface area contributed by atoms with Crippen LogP contribution in [0, 0.1) is 5.41 Å². The molecule has 0 amide bonds. The lowest BCUT2D eigenvalue weighted by molar-refractivity contribution is -0.125. The predicted octanol–water partition coefficient (Wildman–Crippen LogP) is 0.0354. The molecule has 0 aromatic heterocycles. The Morgan fingerprint density at radius 3 is 2.67 bits per heavy atom. The first-order chi connectivity index (χ1) is 5.71. The highest BCUT2D eigenvalue weighted by molar-refractivity contribution is 6.01. The molecule has 0 radical (unpaired) electrons. The number of ketones is 1. The van der Waals surface area contributed by atoms with Gasteiger partial charge in [-0.25, -0.2) is 0 Å². The van der Waals surface area contributed by atoms with Gasteiger partial charge >= 0.3 is 0 Å². The van der Waals surface area contributed by atoms with Gasteiger partial charge in [-0.3, -0.25) is 4.79 Å². The monoisotopic (exact) mass is 166 g/mol. The first kappa shape index (κ1) is 6.80. The molecule has 2 atom stereocenters. The maximum Gasteiger partial charge on any atom is 0.190 e. The summed E-state index contributed by atoms with van der Waals surface area (Å²) in [5.41, 5.74) is -0.847. The third-order valence-corrected chi connectivity index (χ3v) is 3.42. The van der Waals surface area contributed by atoms with E-state index in [0.717, 1.165) is 12.8 Å². The Kier molecular flexibility index (Phi) is 0.937. The molecule has 1 aliphatic heterocycles. The summed E-state index contributed by atoms with van der Waals surface area (Å²) in [4.78, 5) is 11.5. The molecular weight excluding hydrogens is 156 g/mol. The van der Waals surface area contributed by atoms with Gasteiger partial charge in [0.2, 0.25) is 0 Å². The quantitative estimate of drug-likeness (QED) is 0.517. The molecule has 0 bridgehead atoms. The van der Waals surface area contributed by atoms with E-state index < -0.39 is 11.7 Å². The Morgan fingerprint density at radius 2 is 2.25 bits per heavy atom. The Morgan fingerprint density at radius 1 is 1.58 bits per heavy atom. The van der Waals surface area contributed by atoms with E-state index in [2.05, 4.69) is 0 Å². The fourth-order valence-electron chi connectivity index (χ4n) is 2.32. The lowest BCUT2D eigenvalue weighted by Gasteiger charge is -2.28. The van der Waals surface area contributed by atoms with Gasteiger partial charge in [0.05, 0.1) is 12.7 Å². The van der Waals surface area contributed by atoms with Crippen molar-refractivity contribution in [3.05, 3.63) is 12.2 Å². The highest BCUT2D eigenvalue weighted by atomic mass is 16.6. The number of epoxide rings is 1. The van der Waals surface area contributed by atoms with Gasteiger partial charge in [0, 0.05) is 5.41 Å². The number of rotatable bonds is 0. The summed E-state index contributed by atoms with van der Waals surface area (Å²) < 4.78 is 5.24. The minimum Gasteiger partial charge on any atom is -0.388 e. The van der Waals surface area contributed by atoms with Gasteiger partial charge in [-0.1, -0.05) is 6.08 Å². The number of carbonyl (C=O) groups is 1. The van der Waals surface area contributed by atoms with Crippen molar-refractivity contribution in [3.63, 3.8) is 0 Å². The maximum atomic E-state index is 11.5. The molecule has 3 nitrogen and oxygen atoms in total. The predicted molar refractivity (Wildman–Crippen MR) is 40.5 cm³/mol. The topological polar surface area (TPSA) is 49.8 Å². The van der Waals surface area contributed by atoms with Crippen molar-refractivity contribution < 1.29 is 14.6 Å². The number of ether oxygens (including phenoxy) is 1. The molecule has 3 heteroatoms. The summed E-state index contributed by atoms with van der Waals surface area (Å²) >= 11 is 0. The second kappa shape index (κ2) is 1.65. The largest absolute Gasteiger partial charge is 0.388 e. The van der Waals surface area contributed by atoms with Crippen molar-refractivity contribution in [2.45, 2.75) is 24.5 Å². The maximum absolute atomic E-state index is 11.5. The SMILES string of the molecule is O=C1C=C[C@@H](O)C2(CC2)[C@@]12CO2. The van der Waals surface area contributed by atoms with E-state index >= 15 is 0 Å². The molecule has 2 aliphatic carbocycles. The fraction of sp³-hybridized carbons (Fsp3) is 0.667. The van der Waals surface area contributed by atoms with E-state index in [1.807, 2.05) is 0 Å². The standard InChI is InChI=1S/C9H10O3/c10-6-1-2-7(11)9(5-12-9)8(6)3-4-8/h1-2,6,10H,3-5H2/t6-,9-/m1/s1. The Bertz CT molecular complexity index is 284. The molecule has 1 heterocycles. The van der Waals surface area contributed by atoms with Crippen LogP contribution in [0.4, 0.5) is 0 Å². The van der Waals surface area contributed by atoms with Crippen LogP contribution in [-0.4, -0.2) is 29.2 Å². The van der Waals surface area contributed by atoms with Crippen molar-refractivity contribution >= 4 is 5.78 Å². The molecule has 64 valence electrons. The van der Waals surface area contributed by atoms with Crippen molar-refractivity contribution in [2.24, 2.45) is 5.41 Å². The van der Waals surface area contributed by atoms with Crippen LogP contribution in [0.2, 0.25) is 0 Å². The molecule has 0 aromatic rings. The number of fused-ring (bicyclic) bond motifs is 1. The van der Waals surface area contributed by atoms with Crippen molar-refractivity contribution in [3.8, 4) is 0 Å². The number of hydrogen-bond acceptors (Lipinski definition) is 3. The van der Waals surface area contributed by atoms with Crippen LogP contribution in [0.15, 0.2) is 12.2 Å². The normalized spacial score (nSPS) is 47.1. The van der Waals surface area contributed by atoms with Crippen molar-refractivity contribution in [1.82, 2.24) is 0 Å². The average molecular weight is 166 g/mol. The molecule has 2 fully saturated rings. The molecule has 1 saturated carbocycles. The van der Waals surface area contributed by atoms with E-state index in [1.54, 1.807) is 6.08 Å². The molecule has 2 spiro atoms. The minimum atomic E-state index is -0.610. The lowest BCUT2D eigenvalue weighted by Crippen LogP contribution is -2.44. The average Bonchev–Trinajstić information content (AvgIpc) is 2.83. The molecule has 1 N–H and O–H groups in total. The zero-order valence-electron chi connectivity index (χ0n) is 6.62. The third kappa shape index (κ3) is 0.519. The number of hydrogen-bond donors (Lipinski definition) is 1. The highest BCUT2D eigenvalue weighted by Gasteiger charge is 2.74. The zero-order chi connectivity index (χ0) is 8.40. The van der Waals surface area contributed by atoms with E-state index in [4.69, 9.17) is 4.74 Å². The van der Waals surface area contributed by atoms with Crippen LogP contribution < -0.4 is 0 Å². The molecule has 1 saturated heterocycles. The molecule has 0 aromatic carbocycles. The molecule has 3 aliphatic rings. The van der Waals surface area contributed by atoms with Crippen LogP contribution >= 0.6 is 0 Å². The summed E-state index contributed by atoms with van der Waals surface area (Å²) in [5.74, 6) is 0.0466. The second-order valence-electron chi connectivity index (χ2n) is 3.94. The Balaban J connectivity index is 2.10. The Hall–Kier alpha value is -0.670. The Labute approximate surface area is 70.0 Å². The van der Waals surface area contributed by atoms with Crippen molar-refractivity contribution in [2.75, 3.05) is 6.61 Å². The molecule has 12 heavy (non-hydrogen) atoms. The van der Waals surface area contributed by atoms with Crippen LogP contribution in [-0.2, 0) is 9.53 Å². The van der Waals surface area contributed by atoms with E-state index in [-0.39, 0.29) is 11.2 Å². The van der Waals surface area contributed by atoms with Gasteiger partial charge < -0.3 is 9.84 Å². The summed E-state index contributed by atoms with van der Waals surface area (Å²) in [5, 5.41) is 9.67. The summed E-state index contributed by atoms with van der Waals surface area (Å²) in [7, 11) is 0. The van der Waals surface area contributed by atoms with Gasteiger partial charge in [-0.15, -0.1) is 0 Å². The van der Waals surface area contributed by atoms with Gasteiger partial charge in [0.15, 0.2) is 11.4 Å². The first-order valence-electron chi connectivity index (χ1n) is 4.26. The van der Waals surface area contributed by atoms with Gasteiger partial charge in [0.25, 0.3) is 0 Å². The number of aliphatic hydroxyl groups excluding tert-OH is 1. The van der Waals surface area contributed by atoms with E-state index in [9.17, 15) is 9.90 Å². The summed E-state index contributed by atoms with van der Waals surface area (Å²) in [6, 6.07) is 0. The zero-order valence-corrected chi connectivity index (χ0v) is 6.62. The molecule has 3 rings (SSSR count). The highest BCUT2D eigenvalue weighted by Crippen LogP contribution is 2.65. The summed E-state index contributed by atoms with van der Waals surface area (Å²) in [6.07, 6.45) is 4.43. The van der Waals surface area contributed by atoms with Crippen LogP contribution in [0.3, 0.4) is 0 Å². The van der Waals surface area contributed by atoms with Crippen LogP contribution in [0.25, 0.3) is 0 Å².